The Balaban J connectivity index is 2.47. The molecule has 1 fully saturated rings. The maximum absolute atomic E-state index is 11.1. The number of carbonyl (C=O) groups excluding carboxylic acids is 1. The highest BCUT2D eigenvalue weighted by Crippen LogP contribution is 2.15. The van der Waals surface area contributed by atoms with E-state index >= 15 is 0 Å². The third-order valence-corrected chi connectivity index (χ3v) is 3.08. The van der Waals surface area contributed by atoms with Crippen molar-refractivity contribution in [3.05, 3.63) is 0 Å². The van der Waals surface area contributed by atoms with Gasteiger partial charge in [-0.05, 0) is 13.8 Å². The van der Waals surface area contributed by atoms with Crippen LogP contribution >= 0.6 is 0 Å². The Morgan fingerprint density at radius 2 is 1.79 bits per heavy atom. The van der Waals surface area contributed by atoms with Gasteiger partial charge in [-0.15, -0.1) is 0 Å². The topological polar surface area (TPSA) is 49.6 Å². The highest BCUT2D eigenvalue weighted by Gasteiger charge is 2.28. The monoisotopic (exact) mass is 199 g/mol. The average molecular weight is 199 g/mol. The van der Waals surface area contributed by atoms with Crippen molar-refractivity contribution in [1.82, 2.24) is 9.80 Å². The van der Waals surface area contributed by atoms with Gasteiger partial charge in [0.15, 0.2) is 0 Å². The van der Waals surface area contributed by atoms with E-state index in [0.29, 0.717) is 6.54 Å². The van der Waals surface area contributed by atoms with Gasteiger partial charge in [0.25, 0.3) is 0 Å². The van der Waals surface area contributed by atoms with E-state index in [0.717, 1.165) is 26.2 Å². The van der Waals surface area contributed by atoms with Crippen molar-refractivity contribution in [2.24, 2.45) is 5.73 Å². The fraction of sp³-hybridized carbons (Fsp3) is 0.900. The quantitative estimate of drug-likeness (QED) is 0.675. The van der Waals surface area contributed by atoms with Crippen LogP contribution in [0.5, 0.6) is 0 Å². The van der Waals surface area contributed by atoms with Crippen molar-refractivity contribution < 1.29 is 4.79 Å². The summed E-state index contributed by atoms with van der Waals surface area (Å²) in [6, 6.07) is 0. The zero-order valence-electron chi connectivity index (χ0n) is 9.42. The minimum Gasteiger partial charge on any atom is -0.340 e. The van der Waals surface area contributed by atoms with Crippen molar-refractivity contribution in [2.45, 2.75) is 26.3 Å². The maximum atomic E-state index is 11.1. The molecule has 1 saturated heterocycles. The van der Waals surface area contributed by atoms with Crippen molar-refractivity contribution in [1.29, 1.82) is 0 Å². The molecular weight excluding hydrogens is 178 g/mol. The molecule has 4 nitrogen and oxygen atoms in total. The van der Waals surface area contributed by atoms with Crippen LogP contribution in [0.15, 0.2) is 0 Å². The first kappa shape index (κ1) is 11.5. The van der Waals surface area contributed by atoms with E-state index in [2.05, 4.69) is 18.7 Å². The summed E-state index contributed by atoms with van der Waals surface area (Å²) in [5.41, 5.74) is 5.77. The molecule has 1 aliphatic heterocycles. The molecule has 0 aromatic carbocycles. The van der Waals surface area contributed by atoms with E-state index in [4.69, 9.17) is 5.73 Å². The molecular formula is C10H21N3O. The van der Waals surface area contributed by atoms with Gasteiger partial charge in [0.1, 0.15) is 0 Å². The molecule has 0 saturated carbocycles. The average Bonchev–Trinajstić information content (AvgIpc) is 2.18. The lowest BCUT2D eigenvalue weighted by Gasteiger charge is -2.43. The first-order valence-electron chi connectivity index (χ1n) is 5.18. The first-order chi connectivity index (χ1) is 6.47. The van der Waals surface area contributed by atoms with Crippen molar-refractivity contribution >= 4 is 5.91 Å². The van der Waals surface area contributed by atoms with E-state index in [9.17, 15) is 4.79 Å². The van der Waals surface area contributed by atoms with Crippen molar-refractivity contribution in [3.8, 4) is 0 Å². The Labute approximate surface area is 86.0 Å². The Kier molecular flexibility index (Phi) is 3.50. The summed E-state index contributed by atoms with van der Waals surface area (Å²) in [6.45, 7) is 10.1. The molecule has 2 N–H and O–H groups in total. The van der Waals surface area contributed by atoms with E-state index < -0.39 is 0 Å². The van der Waals surface area contributed by atoms with Gasteiger partial charge in [-0.2, -0.15) is 0 Å². The molecule has 0 aliphatic carbocycles. The van der Waals surface area contributed by atoms with E-state index in [1.54, 1.807) is 6.92 Å². The summed E-state index contributed by atoms with van der Waals surface area (Å²) >= 11 is 0. The summed E-state index contributed by atoms with van der Waals surface area (Å²) in [6.07, 6.45) is 0. The van der Waals surface area contributed by atoms with E-state index in [-0.39, 0.29) is 11.4 Å². The minimum absolute atomic E-state index is 0.0584. The van der Waals surface area contributed by atoms with Gasteiger partial charge in [-0.1, -0.05) is 0 Å². The van der Waals surface area contributed by atoms with Crippen LogP contribution in [0.25, 0.3) is 0 Å². The van der Waals surface area contributed by atoms with Gasteiger partial charge >= 0.3 is 0 Å². The molecule has 1 heterocycles. The number of amides is 1. The third-order valence-electron chi connectivity index (χ3n) is 3.08. The summed E-state index contributed by atoms with van der Waals surface area (Å²) in [4.78, 5) is 15.4. The largest absolute Gasteiger partial charge is 0.340 e. The summed E-state index contributed by atoms with van der Waals surface area (Å²) < 4.78 is 0. The number of piperazine rings is 1. The lowest BCUT2D eigenvalue weighted by atomic mass is 10.0. The van der Waals surface area contributed by atoms with E-state index in [1.165, 1.54) is 0 Å². The highest BCUT2D eigenvalue weighted by molar-refractivity contribution is 5.73. The van der Waals surface area contributed by atoms with Crippen LogP contribution in [-0.4, -0.2) is 54.0 Å². The molecule has 0 bridgehead atoms. The molecule has 1 aliphatic rings. The molecule has 0 radical (unpaired) electrons. The van der Waals surface area contributed by atoms with Gasteiger partial charge in [-0.25, -0.2) is 0 Å². The lowest BCUT2D eigenvalue weighted by Crippen LogP contribution is -2.57. The zero-order chi connectivity index (χ0) is 10.8. The van der Waals surface area contributed by atoms with Crippen LogP contribution in [0.1, 0.15) is 20.8 Å². The summed E-state index contributed by atoms with van der Waals surface area (Å²) in [5, 5.41) is 0. The molecule has 82 valence electrons. The fourth-order valence-electron chi connectivity index (χ4n) is 1.76. The number of nitrogens with zero attached hydrogens (tertiary/aromatic N) is 2. The van der Waals surface area contributed by atoms with Crippen molar-refractivity contribution in [3.63, 3.8) is 0 Å². The molecule has 4 heteroatoms. The zero-order valence-corrected chi connectivity index (χ0v) is 9.42. The van der Waals surface area contributed by atoms with Crippen LogP contribution in [-0.2, 0) is 4.79 Å². The predicted octanol–water partition coefficient (Wildman–Crippen LogP) is -0.112. The van der Waals surface area contributed by atoms with Gasteiger partial charge < -0.3 is 10.6 Å². The maximum Gasteiger partial charge on any atom is 0.219 e. The molecule has 1 amide bonds. The highest BCUT2D eigenvalue weighted by atomic mass is 16.2. The summed E-state index contributed by atoms with van der Waals surface area (Å²) in [7, 11) is 0. The van der Waals surface area contributed by atoms with Gasteiger partial charge in [-0.3, -0.25) is 9.69 Å². The van der Waals surface area contributed by atoms with Crippen LogP contribution in [0, 0.1) is 0 Å². The Bertz CT molecular complexity index is 207. The molecule has 0 spiro atoms. The van der Waals surface area contributed by atoms with E-state index in [1.807, 2.05) is 4.90 Å². The Morgan fingerprint density at radius 3 is 2.14 bits per heavy atom. The predicted molar refractivity (Wildman–Crippen MR) is 57.0 cm³/mol. The number of hydrogen-bond acceptors (Lipinski definition) is 3. The fourth-order valence-corrected chi connectivity index (χ4v) is 1.76. The standard InChI is InChI=1S/C10H21N3O/c1-9(14)12-4-6-13(7-5-12)10(2,3)8-11/h4-8,11H2,1-3H3. The second-order valence-corrected chi connectivity index (χ2v) is 4.51. The Hall–Kier alpha value is -0.610. The second kappa shape index (κ2) is 4.28. The molecule has 1 rings (SSSR count). The number of rotatable bonds is 2. The van der Waals surface area contributed by atoms with Crippen LogP contribution in [0.2, 0.25) is 0 Å². The van der Waals surface area contributed by atoms with Crippen molar-refractivity contribution in [2.75, 3.05) is 32.7 Å². The van der Waals surface area contributed by atoms with Crippen LogP contribution < -0.4 is 5.73 Å². The first-order valence-corrected chi connectivity index (χ1v) is 5.18. The molecule has 0 atom stereocenters. The van der Waals surface area contributed by atoms with Crippen LogP contribution in [0.3, 0.4) is 0 Å². The number of nitrogens with two attached hydrogens (primary N) is 1. The molecule has 14 heavy (non-hydrogen) atoms. The minimum atomic E-state index is 0.0584. The lowest BCUT2D eigenvalue weighted by molar-refractivity contribution is -0.131. The SMILES string of the molecule is CC(=O)N1CCN(C(C)(C)CN)CC1. The number of hydrogen-bond donors (Lipinski definition) is 1. The summed E-state index contributed by atoms with van der Waals surface area (Å²) in [5.74, 6) is 0.176. The smallest absolute Gasteiger partial charge is 0.219 e. The Morgan fingerprint density at radius 1 is 1.29 bits per heavy atom. The molecule has 0 unspecified atom stereocenters. The third kappa shape index (κ3) is 2.45. The van der Waals surface area contributed by atoms with Gasteiger partial charge in [0.2, 0.25) is 5.91 Å². The second-order valence-electron chi connectivity index (χ2n) is 4.51. The normalized spacial score (nSPS) is 19.9. The number of carbonyl (C=O) groups is 1. The molecule has 0 aromatic rings. The van der Waals surface area contributed by atoms with Gasteiger partial charge in [0, 0.05) is 45.2 Å². The van der Waals surface area contributed by atoms with Crippen LogP contribution in [0.4, 0.5) is 0 Å². The molecule has 0 aromatic heterocycles. The van der Waals surface area contributed by atoms with Gasteiger partial charge in [0.05, 0.1) is 0 Å².